The predicted octanol–water partition coefficient (Wildman–Crippen LogP) is 3.36. The van der Waals surface area contributed by atoms with Gasteiger partial charge in [0.25, 0.3) is 5.89 Å². The van der Waals surface area contributed by atoms with Crippen LogP contribution in [-0.2, 0) is 13.1 Å². The molecular weight excluding hydrogens is 348 g/mol. The summed E-state index contributed by atoms with van der Waals surface area (Å²) in [7, 11) is 0. The molecule has 0 radical (unpaired) electrons. The van der Waals surface area contributed by atoms with Gasteiger partial charge in [-0.25, -0.2) is 0 Å². The minimum atomic E-state index is 0.434. The fraction of sp³-hybridized carbons (Fsp3) is 0.375. The fourth-order valence-electron chi connectivity index (χ4n) is 2.77. The highest BCUT2D eigenvalue weighted by atomic mass is 35.5. The number of rotatable bonds is 5. The van der Waals surface area contributed by atoms with E-state index in [4.69, 9.17) is 20.4 Å². The standard InChI is InChI=1S/C16H17ClN4O2S/c17-14-4-3-12(24-14)10-20-5-7-21(8-6-20)11-15-18-19-16(23-15)13-2-1-9-22-13/h1-4,9H,5-8,10-11H2. The molecule has 4 heterocycles. The lowest BCUT2D eigenvalue weighted by Gasteiger charge is -2.33. The molecule has 1 aliphatic heterocycles. The van der Waals surface area contributed by atoms with E-state index in [1.165, 1.54) is 4.88 Å². The van der Waals surface area contributed by atoms with Gasteiger partial charge in [-0.1, -0.05) is 11.6 Å². The van der Waals surface area contributed by atoms with Crippen LogP contribution in [-0.4, -0.2) is 46.2 Å². The average molecular weight is 365 g/mol. The van der Waals surface area contributed by atoms with Crippen molar-refractivity contribution in [2.75, 3.05) is 26.2 Å². The van der Waals surface area contributed by atoms with Gasteiger partial charge >= 0.3 is 0 Å². The molecule has 0 aliphatic carbocycles. The molecule has 24 heavy (non-hydrogen) atoms. The number of hydrogen-bond donors (Lipinski definition) is 0. The van der Waals surface area contributed by atoms with Gasteiger partial charge in [0.15, 0.2) is 5.76 Å². The molecule has 0 saturated carbocycles. The van der Waals surface area contributed by atoms with Gasteiger partial charge in [0.2, 0.25) is 5.89 Å². The first kappa shape index (κ1) is 15.8. The van der Waals surface area contributed by atoms with Crippen LogP contribution >= 0.6 is 22.9 Å². The van der Waals surface area contributed by atoms with Crippen LogP contribution in [0, 0.1) is 0 Å². The van der Waals surface area contributed by atoms with Crippen molar-refractivity contribution in [2.45, 2.75) is 13.1 Å². The highest BCUT2D eigenvalue weighted by Gasteiger charge is 2.20. The second kappa shape index (κ2) is 7.06. The molecule has 1 saturated heterocycles. The Morgan fingerprint density at radius 1 is 1.04 bits per heavy atom. The third-order valence-electron chi connectivity index (χ3n) is 4.03. The molecule has 8 heteroatoms. The molecule has 0 bridgehead atoms. The average Bonchev–Trinajstić information content (AvgIpc) is 3.31. The van der Waals surface area contributed by atoms with E-state index in [0.717, 1.165) is 37.1 Å². The second-order valence-corrected chi connectivity index (χ2v) is 7.54. The van der Waals surface area contributed by atoms with Crippen LogP contribution in [0.25, 0.3) is 11.7 Å². The van der Waals surface area contributed by atoms with E-state index in [-0.39, 0.29) is 0 Å². The van der Waals surface area contributed by atoms with Gasteiger partial charge in [-0.3, -0.25) is 9.80 Å². The van der Waals surface area contributed by atoms with Gasteiger partial charge in [-0.05, 0) is 24.3 Å². The molecule has 0 aromatic carbocycles. The number of thiophene rings is 1. The molecular formula is C16H17ClN4O2S. The van der Waals surface area contributed by atoms with Crippen LogP contribution in [0.2, 0.25) is 4.34 Å². The fourth-order valence-corrected chi connectivity index (χ4v) is 3.90. The van der Waals surface area contributed by atoms with Crippen LogP contribution in [0.3, 0.4) is 0 Å². The SMILES string of the molecule is Clc1ccc(CN2CCN(Cc3nnc(-c4ccco4)o3)CC2)s1. The van der Waals surface area contributed by atoms with Gasteiger partial charge < -0.3 is 8.83 Å². The number of nitrogens with zero attached hydrogens (tertiary/aromatic N) is 4. The first-order valence-corrected chi connectivity index (χ1v) is 9.01. The third kappa shape index (κ3) is 3.70. The van der Waals surface area contributed by atoms with E-state index < -0.39 is 0 Å². The van der Waals surface area contributed by atoms with Crippen molar-refractivity contribution in [3.05, 3.63) is 45.6 Å². The Bertz CT molecular complexity index is 778. The van der Waals surface area contributed by atoms with E-state index in [2.05, 4.69) is 26.1 Å². The molecule has 0 unspecified atom stereocenters. The number of hydrogen-bond acceptors (Lipinski definition) is 7. The van der Waals surface area contributed by atoms with Gasteiger partial charge in [0.05, 0.1) is 17.1 Å². The van der Waals surface area contributed by atoms with E-state index >= 15 is 0 Å². The maximum Gasteiger partial charge on any atom is 0.283 e. The van der Waals surface area contributed by atoms with Crippen LogP contribution in [0.1, 0.15) is 10.8 Å². The van der Waals surface area contributed by atoms with Crippen molar-refractivity contribution in [1.82, 2.24) is 20.0 Å². The van der Waals surface area contributed by atoms with Crippen LogP contribution in [0.4, 0.5) is 0 Å². The van der Waals surface area contributed by atoms with Crippen molar-refractivity contribution >= 4 is 22.9 Å². The lowest BCUT2D eigenvalue weighted by molar-refractivity contribution is 0.115. The minimum absolute atomic E-state index is 0.434. The van der Waals surface area contributed by atoms with Crippen molar-refractivity contribution in [2.24, 2.45) is 0 Å². The summed E-state index contributed by atoms with van der Waals surface area (Å²) in [5.41, 5.74) is 0. The molecule has 0 amide bonds. The van der Waals surface area contributed by atoms with E-state index in [0.29, 0.717) is 24.1 Å². The Kier molecular flexibility index (Phi) is 4.66. The summed E-state index contributed by atoms with van der Waals surface area (Å²) in [5.74, 6) is 1.66. The highest BCUT2D eigenvalue weighted by Crippen LogP contribution is 2.23. The topological polar surface area (TPSA) is 58.5 Å². The van der Waals surface area contributed by atoms with Gasteiger partial charge in [0.1, 0.15) is 0 Å². The van der Waals surface area contributed by atoms with E-state index in [9.17, 15) is 0 Å². The van der Waals surface area contributed by atoms with Crippen molar-refractivity contribution < 1.29 is 8.83 Å². The summed E-state index contributed by atoms with van der Waals surface area (Å²) in [6.07, 6.45) is 1.60. The summed E-state index contributed by atoms with van der Waals surface area (Å²) in [6, 6.07) is 7.68. The number of piperazine rings is 1. The van der Waals surface area contributed by atoms with Crippen LogP contribution in [0.5, 0.6) is 0 Å². The summed E-state index contributed by atoms with van der Waals surface area (Å²) < 4.78 is 11.8. The summed E-state index contributed by atoms with van der Waals surface area (Å²) >= 11 is 7.65. The Balaban J connectivity index is 1.29. The van der Waals surface area contributed by atoms with Gasteiger partial charge in [0, 0.05) is 37.6 Å². The van der Waals surface area contributed by atoms with Gasteiger partial charge in [-0.2, -0.15) is 0 Å². The Hall–Kier alpha value is -1.67. The first-order chi connectivity index (χ1) is 11.8. The van der Waals surface area contributed by atoms with E-state index in [1.54, 1.807) is 23.7 Å². The summed E-state index contributed by atoms with van der Waals surface area (Å²) in [6.45, 7) is 5.65. The zero-order chi connectivity index (χ0) is 16.4. The maximum absolute atomic E-state index is 5.99. The Morgan fingerprint density at radius 3 is 2.50 bits per heavy atom. The molecule has 1 aliphatic rings. The molecule has 3 aromatic heterocycles. The summed E-state index contributed by atoms with van der Waals surface area (Å²) in [5, 5.41) is 8.15. The molecule has 4 rings (SSSR count). The first-order valence-electron chi connectivity index (χ1n) is 7.81. The van der Waals surface area contributed by atoms with Crippen molar-refractivity contribution in [3.8, 4) is 11.7 Å². The predicted molar refractivity (Wildman–Crippen MR) is 91.9 cm³/mol. The highest BCUT2D eigenvalue weighted by molar-refractivity contribution is 7.16. The molecule has 0 atom stereocenters. The van der Waals surface area contributed by atoms with Crippen LogP contribution < -0.4 is 0 Å². The Labute approximate surface area is 148 Å². The lowest BCUT2D eigenvalue weighted by Crippen LogP contribution is -2.45. The number of halogens is 1. The zero-order valence-electron chi connectivity index (χ0n) is 13.0. The molecule has 0 spiro atoms. The largest absolute Gasteiger partial charge is 0.459 e. The molecule has 1 fully saturated rings. The zero-order valence-corrected chi connectivity index (χ0v) is 14.6. The molecule has 126 valence electrons. The van der Waals surface area contributed by atoms with Crippen molar-refractivity contribution in [1.29, 1.82) is 0 Å². The second-order valence-electron chi connectivity index (χ2n) is 5.74. The smallest absolute Gasteiger partial charge is 0.283 e. The Morgan fingerprint density at radius 2 is 1.83 bits per heavy atom. The van der Waals surface area contributed by atoms with E-state index in [1.807, 2.05) is 12.1 Å². The van der Waals surface area contributed by atoms with Gasteiger partial charge in [-0.15, -0.1) is 21.5 Å². The summed E-state index contributed by atoms with van der Waals surface area (Å²) in [4.78, 5) is 6.09. The monoisotopic (exact) mass is 364 g/mol. The lowest BCUT2D eigenvalue weighted by atomic mass is 10.3. The minimum Gasteiger partial charge on any atom is -0.459 e. The third-order valence-corrected chi connectivity index (χ3v) is 5.25. The van der Waals surface area contributed by atoms with Crippen molar-refractivity contribution in [3.63, 3.8) is 0 Å². The quantitative estimate of drug-likeness (QED) is 0.691. The number of aromatic nitrogens is 2. The van der Waals surface area contributed by atoms with Crippen LogP contribution in [0.15, 0.2) is 39.4 Å². The molecule has 0 N–H and O–H groups in total. The maximum atomic E-state index is 5.99. The number of furan rings is 1. The molecule has 3 aromatic rings. The molecule has 6 nitrogen and oxygen atoms in total. The normalized spacial score (nSPS) is 16.7.